The van der Waals surface area contributed by atoms with Crippen molar-refractivity contribution in [2.75, 3.05) is 6.54 Å². The number of nitrogens with two attached hydrogens (primary N) is 1. The Hall–Kier alpha value is -1.13. The summed E-state index contributed by atoms with van der Waals surface area (Å²) in [5.74, 6) is 0. The first-order valence-corrected chi connectivity index (χ1v) is 5.44. The van der Waals surface area contributed by atoms with Gasteiger partial charge in [-0.2, -0.15) is 0 Å². The van der Waals surface area contributed by atoms with Gasteiger partial charge in [0.05, 0.1) is 10.7 Å². The first kappa shape index (κ1) is 9.43. The number of nitrogens with zero attached hydrogens (tertiary/aromatic N) is 2. The van der Waals surface area contributed by atoms with E-state index in [-0.39, 0.29) is 0 Å². The molecule has 0 radical (unpaired) electrons. The van der Waals surface area contributed by atoms with Crippen molar-refractivity contribution in [3.05, 3.63) is 28.8 Å². The summed E-state index contributed by atoms with van der Waals surface area (Å²) >= 11 is 1.68. The SMILES string of the molecule is Cn1ccc(-c2csc(CCN)n2)c1. The Kier molecular flexibility index (Phi) is 2.65. The van der Waals surface area contributed by atoms with Crippen molar-refractivity contribution in [3.8, 4) is 11.3 Å². The second kappa shape index (κ2) is 3.94. The second-order valence-corrected chi connectivity index (χ2v) is 4.17. The Morgan fingerprint density at radius 2 is 2.43 bits per heavy atom. The predicted octanol–water partition coefficient (Wildman–Crippen LogP) is 1.65. The second-order valence-electron chi connectivity index (χ2n) is 3.23. The van der Waals surface area contributed by atoms with Crippen molar-refractivity contribution in [2.24, 2.45) is 12.8 Å². The molecule has 2 N–H and O–H groups in total. The van der Waals surface area contributed by atoms with Crippen LogP contribution < -0.4 is 5.73 Å². The standard InChI is InChI=1S/C10H13N3S/c1-13-5-3-8(6-13)9-7-14-10(12-9)2-4-11/h3,5-7H,2,4,11H2,1H3. The van der Waals surface area contributed by atoms with Crippen molar-refractivity contribution in [1.82, 2.24) is 9.55 Å². The van der Waals surface area contributed by atoms with E-state index in [1.807, 2.05) is 17.8 Å². The zero-order valence-electron chi connectivity index (χ0n) is 8.10. The van der Waals surface area contributed by atoms with Gasteiger partial charge in [0, 0.05) is 36.8 Å². The van der Waals surface area contributed by atoms with Gasteiger partial charge in [0.2, 0.25) is 0 Å². The Balaban J connectivity index is 2.24. The van der Waals surface area contributed by atoms with Gasteiger partial charge in [-0.25, -0.2) is 4.98 Å². The highest BCUT2D eigenvalue weighted by molar-refractivity contribution is 7.09. The van der Waals surface area contributed by atoms with Crippen LogP contribution in [0.3, 0.4) is 0 Å². The molecule has 0 saturated carbocycles. The monoisotopic (exact) mass is 207 g/mol. The van der Waals surface area contributed by atoms with Gasteiger partial charge in [-0.05, 0) is 12.6 Å². The zero-order chi connectivity index (χ0) is 9.97. The van der Waals surface area contributed by atoms with Crippen LogP contribution >= 0.6 is 11.3 Å². The third kappa shape index (κ3) is 1.86. The molecule has 0 fully saturated rings. The Morgan fingerprint density at radius 1 is 1.57 bits per heavy atom. The van der Waals surface area contributed by atoms with Gasteiger partial charge in [-0.1, -0.05) is 0 Å². The van der Waals surface area contributed by atoms with Gasteiger partial charge in [0.25, 0.3) is 0 Å². The number of aromatic nitrogens is 2. The molecule has 2 aromatic rings. The summed E-state index contributed by atoms with van der Waals surface area (Å²) in [5, 5.41) is 3.20. The van der Waals surface area contributed by atoms with Crippen LogP contribution in [-0.2, 0) is 13.5 Å². The maximum atomic E-state index is 5.48. The summed E-state index contributed by atoms with van der Waals surface area (Å²) in [7, 11) is 2.01. The van der Waals surface area contributed by atoms with E-state index < -0.39 is 0 Å². The maximum absolute atomic E-state index is 5.48. The van der Waals surface area contributed by atoms with E-state index in [1.54, 1.807) is 11.3 Å². The largest absolute Gasteiger partial charge is 0.357 e. The molecule has 0 aromatic carbocycles. The van der Waals surface area contributed by atoms with Crippen molar-refractivity contribution in [1.29, 1.82) is 0 Å². The topological polar surface area (TPSA) is 43.8 Å². The molecule has 0 aliphatic heterocycles. The van der Waals surface area contributed by atoms with Crippen LogP contribution in [0.25, 0.3) is 11.3 Å². The number of aryl methyl sites for hydroxylation is 1. The maximum Gasteiger partial charge on any atom is 0.0945 e. The fourth-order valence-electron chi connectivity index (χ4n) is 1.34. The van der Waals surface area contributed by atoms with Crippen LogP contribution in [0.4, 0.5) is 0 Å². The van der Waals surface area contributed by atoms with Crippen molar-refractivity contribution >= 4 is 11.3 Å². The summed E-state index contributed by atoms with van der Waals surface area (Å²) < 4.78 is 2.03. The molecular formula is C10H13N3S. The van der Waals surface area contributed by atoms with Gasteiger partial charge in [-0.3, -0.25) is 0 Å². The highest BCUT2D eigenvalue weighted by atomic mass is 32.1. The first-order valence-electron chi connectivity index (χ1n) is 4.56. The molecule has 0 bridgehead atoms. The predicted molar refractivity (Wildman–Crippen MR) is 59.3 cm³/mol. The number of thiazole rings is 1. The van der Waals surface area contributed by atoms with Gasteiger partial charge < -0.3 is 10.3 Å². The van der Waals surface area contributed by atoms with Crippen LogP contribution in [0.2, 0.25) is 0 Å². The summed E-state index contributed by atoms with van der Waals surface area (Å²) in [6.45, 7) is 0.668. The van der Waals surface area contributed by atoms with E-state index >= 15 is 0 Å². The van der Waals surface area contributed by atoms with Gasteiger partial charge in [0.1, 0.15) is 0 Å². The van der Waals surface area contributed by atoms with Crippen molar-refractivity contribution in [2.45, 2.75) is 6.42 Å². The van der Waals surface area contributed by atoms with E-state index in [0.29, 0.717) is 6.54 Å². The third-order valence-electron chi connectivity index (χ3n) is 2.04. The minimum atomic E-state index is 0.668. The van der Waals surface area contributed by atoms with Crippen LogP contribution in [-0.4, -0.2) is 16.1 Å². The molecule has 2 heterocycles. The molecule has 3 nitrogen and oxygen atoms in total. The molecular weight excluding hydrogens is 194 g/mol. The average molecular weight is 207 g/mol. The van der Waals surface area contributed by atoms with Crippen LogP contribution in [0.1, 0.15) is 5.01 Å². The molecule has 2 aromatic heterocycles. The lowest BCUT2D eigenvalue weighted by Crippen LogP contribution is -2.01. The Labute approximate surface area is 87.2 Å². The third-order valence-corrected chi connectivity index (χ3v) is 2.95. The minimum absolute atomic E-state index is 0.668. The normalized spacial score (nSPS) is 10.7. The smallest absolute Gasteiger partial charge is 0.0945 e. The average Bonchev–Trinajstić information content (AvgIpc) is 2.74. The summed E-state index contributed by atoms with van der Waals surface area (Å²) in [4.78, 5) is 4.51. The molecule has 0 aliphatic carbocycles. The minimum Gasteiger partial charge on any atom is -0.357 e. The molecule has 74 valence electrons. The summed E-state index contributed by atoms with van der Waals surface area (Å²) in [5.41, 5.74) is 7.70. The molecule has 0 unspecified atom stereocenters. The van der Waals surface area contributed by atoms with E-state index in [1.165, 1.54) is 5.56 Å². The Morgan fingerprint density at radius 3 is 3.07 bits per heavy atom. The van der Waals surface area contributed by atoms with E-state index in [4.69, 9.17) is 5.73 Å². The summed E-state index contributed by atoms with van der Waals surface area (Å²) in [6.07, 6.45) is 4.97. The molecule has 0 amide bonds. The van der Waals surface area contributed by atoms with Crippen molar-refractivity contribution < 1.29 is 0 Å². The molecule has 0 spiro atoms. The molecule has 14 heavy (non-hydrogen) atoms. The lowest BCUT2D eigenvalue weighted by Gasteiger charge is -1.90. The lowest BCUT2D eigenvalue weighted by molar-refractivity contribution is 0.927. The van der Waals surface area contributed by atoms with Crippen LogP contribution in [0.5, 0.6) is 0 Å². The first-order chi connectivity index (χ1) is 6.79. The highest BCUT2D eigenvalue weighted by Gasteiger charge is 2.04. The van der Waals surface area contributed by atoms with E-state index in [9.17, 15) is 0 Å². The Bertz CT molecular complexity index is 416. The quantitative estimate of drug-likeness (QED) is 0.831. The highest BCUT2D eigenvalue weighted by Crippen LogP contribution is 2.21. The molecule has 4 heteroatoms. The molecule has 0 aliphatic rings. The summed E-state index contributed by atoms with van der Waals surface area (Å²) in [6, 6.07) is 2.07. The van der Waals surface area contributed by atoms with Crippen LogP contribution in [0, 0.1) is 0 Å². The zero-order valence-corrected chi connectivity index (χ0v) is 8.92. The van der Waals surface area contributed by atoms with Gasteiger partial charge in [-0.15, -0.1) is 11.3 Å². The van der Waals surface area contributed by atoms with Gasteiger partial charge in [0.15, 0.2) is 0 Å². The molecule has 0 saturated heterocycles. The number of hydrogen-bond donors (Lipinski definition) is 1. The molecule has 2 rings (SSSR count). The van der Waals surface area contributed by atoms with Crippen LogP contribution in [0.15, 0.2) is 23.8 Å². The number of hydrogen-bond acceptors (Lipinski definition) is 3. The van der Waals surface area contributed by atoms with Gasteiger partial charge >= 0.3 is 0 Å². The lowest BCUT2D eigenvalue weighted by atomic mass is 10.3. The number of rotatable bonds is 3. The van der Waals surface area contributed by atoms with Crippen molar-refractivity contribution in [3.63, 3.8) is 0 Å². The fraction of sp³-hybridized carbons (Fsp3) is 0.300. The molecule has 0 atom stereocenters. The van der Waals surface area contributed by atoms with E-state index in [0.717, 1.165) is 17.1 Å². The fourth-order valence-corrected chi connectivity index (χ4v) is 2.16. The van der Waals surface area contributed by atoms with E-state index in [2.05, 4.69) is 22.6 Å².